The molecule has 0 aliphatic carbocycles. The molecule has 1 heterocycles. The lowest BCUT2D eigenvalue weighted by atomic mass is 10.2. The van der Waals surface area contributed by atoms with E-state index in [9.17, 15) is 4.89 Å². The van der Waals surface area contributed by atoms with Gasteiger partial charge in [0.15, 0.2) is 16.0 Å². The molecule has 0 amide bonds. The summed E-state index contributed by atoms with van der Waals surface area (Å²) in [5.74, 6) is 1.22. The van der Waals surface area contributed by atoms with Crippen molar-refractivity contribution in [2.45, 2.75) is 0 Å². The average Bonchev–Trinajstić information content (AvgIpc) is 2.69. The zero-order valence-corrected chi connectivity index (χ0v) is 15.7. The van der Waals surface area contributed by atoms with Crippen molar-refractivity contribution in [3.05, 3.63) is 84.4 Å². The number of hydrogen-bond acceptors (Lipinski definition) is 4. The first-order valence-electron chi connectivity index (χ1n) is 8.07. The van der Waals surface area contributed by atoms with Crippen molar-refractivity contribution >= 4 is 36.1 Å². The summed E-state index contributed by atoms with van der Waals surface area (Å²) in [4.78, 5) is 14.6. The van der Waals surface area contributed by atoms with E-state index >= 15 is 0 Å². The van der Waals surface area contributed by atoms with Crippen LogP contribution in [0.2, 0.25) is 0 Å². The van der Waals surface area contributed by atoms with Gasteiger partial charge in [0.2, 0.25) is 0 Å². The molecule has 0 saturated carbocycles. The fourth-order valence-electron chi connectivity index (χ4n) is 2.91. The lowest BCUT2D eigenvalue weighted by Crippen LogP contribution is -2.47. The van der Waals surface area contributed by atoms with Gasteiger partial charge in [0, 0.05) is 0 Å². The van der Waals surface area contributed by atoms with Gasteiger partial charge in [0.1, 0.15) is 5.75 Å². The standard InChI is InChI=1S/C20H16NO3PS/c1-23-16-11-13-17(14-12-16)25(22)21(15-7-3-2-4-8-15)20(26)18-9-5-6-10-19(18)24-25/h2-14H,1H3. The molecule has 0 aromatic heterocycles. The Balaban J connectivity index is 1.90. The maximum atomic E-state index is 14.1. The van der Waals surface area contributed by atoms with Crippen molar-refractivity contribution in [3.63, 3.8) is 0 Å². The van der Waals surface area contributed by atoms with Crippen LogP contribution < -0.4 is 24.1 Å². The van der Waals surface area contributed by atoms with Crippen LogP contribution in [0.25, 0.3) is 0 Å². The van der Waals surface area contributed by atoms with Crippen LogP contribution in [0.15, 0.2) is 78.9 Å². The molecule has 1 unspecified atom stereocenters. The van der Waals surface area contributed by atoms with E-state index in [1.165, 1.54) is 0 Å². The number of ether oxygens (including phenoxy) is 1. The van der Waals surface area contributed by atoms with E-state index in [0.29, 0.717) is 21.8 Å². The fraction of sp³-hybridized carbons (Fsp3) is 0.0500. The zero-order chi connectivity index (χ0) is 18.1. The highest BCUT2D eigenvalue weighted by atomic mass is 32.1. The predicted octanol–water partition coefficient (Wildman–Crippen LogP) is 3.72. The third-order valence-corrected chi connectivity index (χ3v) is 7.08. The molecule has 4 rings (SSSR count). The molecule has 1 aliphatic rings. The molecule has 0 bridgehead atoms. The number of anilines is 1. The molecule has 130 valence electrons. The normalized spacial score (nSPS) is 18.8. The Morgan fingerprint density at radius 3 is 2.27 bits per heavy atom. The summed E-state index contributed by atoms with van der Waals surface area (Å²) >= 11 is 5.71. The monoisotopic (exact) mass is 381 g/mol. The molecule has 0 radical (unpaired) electrons. The number of hydrogen-bond donors (Lipinski definition) is 0. The highest BCUT2D eigenvalue weighted by Crippen LogP contribution is 2.59. The summed E-state index contributed by atoms with van der Waals surface area (Å²) in [6.45, 7) is 0. The summed E-state index contributed by atoms with van der Waals surface area (Å²) in [5.41, 5.74) is 1.48. The molecule has 26 heavy (non-hydrogen) atoms. The quantitative estimate of drug-likeness (QED) is 0.511. The van der Waals surface area contributed by atoms with Crippen molar-refractivity contribution in [2.24, 2.45) is 0 Å². The van der Waals surface area contributed by atoms with Crippen LogP contribution in [-0.4, -0.2) is 12.1 Å². The number of thiocarbonyl (C=S) groups is 1. The molecular formula is C20H16NO3PS. The van der Waals surface area contributed by atoms with E-state index in [1.807, 2.05) is 48.5 Å². The molecule has 0 saturated heterocycles. The van der Waals surface area contributed by atoms with Crippen LogP contribution >= 0.6 is 20.1 Å². The van der Waals surface area contributed by atoms with Crippen molar-refractivity contribution in [1.82, 2.24) is 0 Å². The molecule has 4 nitrogen and oxygen atoms in total. The van der Waals surface area contributed by atoms with Crippen molar-refractivity contribution < 1.29 is 14.2 Å². The van der Waals surface area contributed by atoms with Crippen LogP contribution in [0.4, 0.5) is 5.69 Å². The first-order valence-corrected chi connectivity index (χ1v) is 10.1. The van der Waals surface area contributed by atoms with Gasteiger partial charge in [0.05, 0.1) is 18.4 Å². The zero-order valence-electron chi connectivity index (χ0n) is 14.0. The molecule has 1 aliphatic heterocycles. The molecule has 6 heteroatoms. The topological polar surface area (TPSA) is 44.8 Å². The Bertz CT molecular complexity index is 949. The molecule has 0 fully saturated rings. The first kappa shape index (κ1) is 17.0. The maximum absolute atomic E-state index is 14.1. The van der Waals surface area contributed by atoms with E-state index in [1.54, 1.807) is 42.1 Å². The Labute approximate surface area is 158 Å². The Morgan fingerprint density at radius 1 is 0.923 bits per heavy atom. The summed E-state index contributed by atoms with van der Waals surface area (Å²) < 4.78 is 12.9. The van der Waals surface area contributed by atoms with Gasteiger partial charge in [-0.1, -0.05) is 42.5 Å². The van der Waals surface area contributed by atoms with Crippen molar-refractivity contribution in [3.8, 4) is 11.5 Å². The van der Waals surface area contributed by atoms with Gasteiger partial charge >= 0.3 is 0 Å². The number of para-hydroxylation sites is 2. The third-order valence-electron chi connectivity index (χ3n) is 4.19. The van der Waals surface area contributed by atoms with Gasteiger partial charge in [-0.15, -0.1) is 0 Å². The fourth-order valence-corrected chi connectivity index (χ4v) is 5.66. The smallest absolute Gasteiger partial charge is 0.285 e. The second kappa shape index (κ2) is 6.69. The second-order valence-corrected chi connectivity index (χ2v) is 8.28. The summed E-state index contributed by atoms with van der Waals surface area (Å²) in [6, 6.07) is 23.9. The van der Waals surface area contributed by atoms with Gasteiger partial charge in [-0.25, -0.2) is 0 Å². The lowest BCUT2D eigenvalue weighted by molar-refractivity contribution is -0.181. The average molecular weight is 381 g/mol. The number of fused-ring (bicyclic) bond motifs is 1. The molecule has 3 aromatic rings. The van der Waals surface area contributed by atoms with Crippen LogP contribution in [0.1, 0.15) is 5.56 Å². The maximum Gasteiger partial charge on any atom is 0.285 e. The van der Waals surface area contributed by atoms with E-state index in [4.69, 9.17) is 21.5 Å². The van der Waals surface area contributed by atoms with E-state index in [-0.39, 0.29) is 0 Å². The Hall–Kier alpha value is -2.46. The SMILES string of the molecule is COc1ccc([P+]2([O-])Oc3ccccc3C(=S)N2c2ccccc2)cc1. The van der Waals surface area contributed by atoms with Gasteiger partial charge in [-0.2, -0.15) is 4.67 Å². The molecule has 1 atom stereocenters. The third kappa shape index (κ3) is 2.74. The van der Waals surface area contributed by atoms with Crippen molar-refractivity contribution in [1.29, 1.82) is 0 Å². The molecule has 0 spiro atoms. The van der Waals surface area contributed by atoms with Crippen molar-refractivity contribution in [2.75, 3.05) is 11.8 Å². The minimum absolute atomic E-state index is 0.484. The van der Waals surface area contributed by atoms with Gasteiger partial charge in [-0.3, -0.25) is 0 Å². The largest absolute Gasteiger partial charge is 0.625 e. The van der Waals surface area contributed by atoms with Crippen LogP contribution in [0.5, 0.6) is 11.5 Å². The number of benzene rings is 3. The van der Waals surface area contributed by atoms with Crippen LogP contribution in [0, 0.1) is 0 Å². The minimum Gasteiger partial charge on any atom is -0.625 e. The highest BCUT2D eigenvalue weighted by Gasteiger charge is 2.48. The van der Waals surface area contributed by atoms with E-state index in [0.717, 1.165) is 11.3 Å². The summed E-state index contributed by atoms with van der Waals surface area (Å²) in [7, 11) is -1.89. The molecule has 0 N–H and O–H groups in total. The Kier molecular flexibility index (Phi) is 4.37. The predicted molar refractivity (Wildman–Crippen MR) is 107 cm³/mol. The Morgan fingerprint density at radius 2 is 1.58 bits per heavy atom. The number of rotatable bonds is 3. The molecule has 3 aromatic carbocycles. The van der Waals surface area contributed by atoms with Gasteiger partial charge in [0.25, 0.3) is 7.87 Å². The highest BCUT2D eigenvalue weighted by molar-refractivity contribution is 7.84. The lowest BCUT2D eigenvalue weighted by Gasteiger charge is -2.42. The van der Waals surface area contributed by atoms with Crippen LogP contribution in [-0.2, 0) is 0 Å². The van der Waals surface area contributed by atoms with Gasteiger partial charge in [-0.05, 0) is 48.5 Å². The van der Waals surface area contributed by atoms with Crippen LogP contribution in [0.3, 0.4) is 0 Å². The van der Waals surface area contributed by atoms with Gasteiger partial charge < -0.3 is 14.2 Å². The number of nitrogens with zero attached hydrogens (tertiary/aromatic N) is 1. The summed E-state index contributed by atoms with van der Waals surface area (Å²) in [5, 5.41) is 0.555. The van der Waals surface area contributed by atoms with E-state index < -0.39 is 7.87 Å². The molecular weight excluding hydrogens is 365 g/mol. The van der Waals surface area contributed by atoms with E-state index in [2.05, 4.69) is 0 Å². The minimum atomic E-state index is -3.48. The summed E-state index contributed by atoms with van der Waals surface area (Å²) in [6.07, 6.45) is 0. The first-order chi connectivity index (χ1) is 12.6. The second-order valence-electron chi connectivity index (χ2n) is 5.76. The number of methoxy groups -OCH3 is 1.